The number of rotatable bonds is 3. The molecular formula is C10H10ClNO2. The van der Waals surface area contributed by atoms with Crippen molar-refractivity contribution in [1.82, 2.24) is 0 Å². The number of aliphatic carboxylic acids is 1. The van der Waals surface area contributed by atoms with Crippen molar-refractivity contribution >= 4 is 23.6 Å². The molecule has 1 rings (SSSR count). The van der Waals surface area contributed by atoms with E-state index in [1.54, 1.807) is 24.3 Å². The lowest BCUT2D eigenvalue weighted by molar-refractivity contribution is -0.132. The molecule has 0 fully saturated rings. The molecule has 0 unspecified atom stereocenters. The first kappa shape index (κ1) is 10.8. The Balaban J connectivity index is 3.07. The van der Waals surface area contributed by atoms with Gasteiger partial charge < -0.3 is 10.8 Å². The highest BCUT2D eigenvalue weighted by atomic mass is 35.5. The van der Waals surface area contributed by atoms with Crippen LogP contribution >= 0.6 is 11.6 Å². The first-order valence-corrected chi connectivity index (χ1v) is 4.41. The Morgan fingerprint density at radius 1 is 1.50 bits per heavy atom. The summed E-state index contributed by atoms with van der Waals surface area (Å²) in [5, 5.41) is 9.25. The summed E-state index contributed by atoms with van der Waals surface area (Å²) in [6.45, 7) is -0.0133. The van der Waals surface area contributed by atoms with E-state index in [1.807, 2.05) is 0 Å². The van der Waals surface area contributed by atoms with Gasteiger partial charge in [0.2, 0.25) is 0 Å². The zero-order valence-electron chi connectivity index (χ0n) is 7.40. The predicted octanol–water partition coefficient (Wildman–Crippen LogP) is 1.77. The fourth-order valence-corrected chi connectivity index (χ4v) is 1.18. The molecule has 0 radical (unpaired) electrons. The lowest BCUT2D eigenvalue weighted by Crippen LogP contribution is -2.11. The van der Waals surface area contributed by atoms with Crippen LogP contribution in [0, 0.1) is 0 Å². The SMILES string of the molecule is NC/C(=C\c1ccccc1Cl)C(=O)O. The molecule has 0 saturated heterocycles. The van der Waals surface area contributed by atoms with Crippen LogP contribution in [0.1, 0.15) is 5.56 Å². The van der Waals surface area contributed by atoms with E-state index in [2.05, 4.69) is 0 Å². The molecule has 0 aliphatic rings. The zero-order valence-corrected chi connectivity index (χ0v) is 8.16. The Hall–Kier alpha value is -1.32. The molecule has 4 heteroatoms. The van der Waals surface area contributed by atoms with Gasteiger partial charge in [-0.15, -0.1) is 0 Å². The van der Waals surface area contributed by atoms with E-state index in [-0.39, 0.29) is 12.1 Å². The third-order valence-electron chi connectivity index (χ3n) is 1.73. The summed E-state index contributed by atoms with van der Waals surface area (Å²) in [6, 6.07) is 7.00. The van der Waals surface area contributed by atoms with Crippen LogP contribution in [0.3, 0.4) is 0 Å². The molecule has 0 aliphatic carbocycles. The molecule has 74 valence electrons. The molecule has 0 bridgehead atoms. The van der Waals surface area contributed by atoms with Gasteiger partial charge in [0.1, 0.15) is 0 Å². The minimum Gasteiger partial charge on any atom is -0.478 e. The lowest BCUT2D eigenvalue weighted by Gasteiger charge is -2.00. The van der Waals surface area contributed by atoms with Crippen molar-refractivity contribution in [3.63, 3.8) is 0 Å². The molecular weight excluding hydrogens is 202 g/mol. The predicted molar refractivity (Wildman–Crippen MR) is 56.1 cm³/mol. The Kier molecular flexibility index (Phi) is 3.68. The van der Waals surface area contributed by atoms with Gasteiger partial charge in [0.25, 0.3) is 0 Å². The van der Waals surface area contributed by atoms with Gasteiger partial charge in [-0.2, -0.15) is 0 Å². The first-order valence-electron chi connectivity index (χ1n) is 4.03. The van der Waals surface area contributed by atoms with Gasteiger partial charge in [0.15, 0.2) is 0 Å². The Labute approximate surface area is 86.8 Å². The van der Waals surface area contributed by atoms with Gasteiger partial charge in [-0.3, -0.25) is 0 Å². The zero-order chi connectivity index (χ0) is 10.6. The fourth-order valence-electron chi connectivity index (χ4n) is 0.988. The maximum absolute atomic E-state index is 10.7. The summed E-state index contributed by atoms with van der Waals surface area (Å²) in [6.07, 6.45) is 1.48. The Morgan fingerprint density at radius 3 is 2.64 bits per heavy atom. The monoisotopic (exact) mass is 211 g/mol. The standard InChI is InChI=1S/C10H10ClNO2/c11-9-4-2-1-3-7(9)5-8(6-12)10(13)14/h1-5H,6,12H2,(H,13,14)/b8-5+. The van der Waals surface area contributed by atoms with Crippen molar-refractivity contribution in [2.24, 2.45) is 5.73 Å². The normalized spacial score (nSPS) is 11.4. The van der Waals surface area contributed by atoms with Crippen LogP contribution in [-0.2, 0) is 4.79 Å². The van der Waals surface area contributed by atoms with Gasteiger partial charge in [-0.1, -0.05) is 29.8 Å². The smallest absolute Gasteiger partial charge is 0.332 e. The number of carbonyl (C=O) groups is 1. The Morgan fingerprint density at radius 2 is 2.14 bits per heavy atom. The molecule has 3 N–H and O–H groups in total. The number of halogens is 1. The fraction of sp³-hybridized carbons (Fsp3) is 0.100. The quantitative estimate of drug-likeness (QED) is 0.749. The van der Waals surface area contributed by atoms with Gasteiger partial charge in [-0.05, 0) is 17.7 Å². The topological polar surface area (TPSA) is 63.3 Å². The summed E-state index contributed by atoms with van der Waals surface area (Å²) < 4.78 is 0. The van der Waals surface area contributed by atoms with E-state index in [0.717, 1.165) is 0 Å². The van der Waals surface area contributed by atoms with Crippen LogP contribution in [0.4, 0.5) is 0 Å². The van der Waals surface area contributed by atoms with Crippen LogP contribution in [-0.4, -0.2) is 17.6 Å². The van der Waals surface area contributed by atoms with Crippen LogP contribution < -0.4 is 5.73 Å². The molecule has 0 aliphatic heterocycles. The van der Waals surface area contributed by atoms with Crippen molar-refractivity contribution in [3.05, 3.63) is 40.4 Å². The van der Waals surface area contributed by atoms with Gasteiger partial charge in [0, 0.05) is 11.6 Å². The van der Waals surface area contributed by atoms with Crippen LogP contribution in [0.2, 0.25) is 5.02 Å². The summed E-state index contributed by atoms with van der Waals surface area (Å²) in [7, 11) is 0. The van der Waals surface area contributed by atoms with E-state index in [1.165, 1.54) is 6.08 Å². The van der Waals surface area contributed by atoms with Crippen LogP contribution in [0.15, 0.2) is 29.8 Å². The lowest BCUT2D eigenvalue weighted by atomic mass is 10.1. The second kappa shape index (κ2) is 4.79. The summed E-state index contributed by atoms with van der Waals surface area (Å²) in [4.78, 5) is 10.7. The van der Waals surface area contributed by atoms with Crippen molar-refractivity contribution in [2.75, 3.05) is 6.54 Å². The third kappa shape index (κ3) is 2.58. The first-order chi connectivity index (χ1) is 6.65. The highest BCUT2D eigenvalue weighted by Crippen LogP contribution is 2.17. The maximum atomic E-state index is 10.7. The molecule has 0 spiro atoms. The average molecular weight is 212 g/mol. The minimum absolute atomic E-state index is 0.0133. The highest BCUT2D eigenvalue weighted by Gasteiger charge is 2.05. The summed E-state index contributed by atoms with van der Waals surface area (Å²) in [5.41, 5.74) is 6.08. The second-order valence-electron chi connectivity index (χ2n) is 2.70. The van der Waals surface area contributed by atoms with Gasteiger partial charge in [0.05, 0.1) is 5.57 Å². The molecule has 0 amide bonds. The molecule has 14 heavy (non-hydrogen) atoms. The van der Waals surface area contributed by atoms with E-state index in [4.69, 9.17) is 22.4 Å². The highest BCUT2D eigenvalue weighted by molar-refractivity contribution is 6.32. The largest absolute Gasteiger partial charge is 0.478 e. The van der Waals surface area contributed by atoms with Crippen molar-refractivity contribution in [3.8, 4) is 0 Å². The Bertz CT molecular complexity index is 374. The molecule has 1 aromatic rings. The minimum atomic E-state index is -1.02. The van der Waals surface area contributed by atoms with E-state index >= 15 is 0 Å². The average Bonchev–Trinajstić information content (AvgIpc) is 2.16. The number of benzene rings is 1. The van der Waals surface area contributed by atoms with E-state index in [0.29, 0.717) is 10.6 Å². The molecule has 0 aromatic heterocycles. The number of carboxylic acid groups (broad SMARTS) is 1. The van der Waals surface area contributed by atoms with Crippen molar-refractivity contribution < 1.29 is 9.90 Å². The number of hydrogen-bond donors (Lipinski definition) is 2. The van der Waals surface area contributed by atoms with Crippen molar-refractivity contribution in [1.29, 1.82) is 0 Å². The van der Waals surface area contributed by atoms with E-state index in [9.17, 15) is 4.79 Å². The summed E-state index contributed by atoms with van der Waals surface area (Å²) in [5.74, 6) is -1.02. The van der Waals surface area contributed by atoms with Crippen molar-refractivity contribution in [2.45, 2.75) is 0 Å². The number of nitrogens with two attached hydrogens (primary N) is 1. The van der Waals surface area contributed by atoms with E-state index < -0.39 is 5.97 Å². The van der Waals surface area contributed by atoms with Gasteiger partial charge >= 0.3 is 5.97 Å². The van der Waals surface area contributed by atoms with Crippen LogP contribution in [0.25, 0.3) is 6.08 Å². The molecule has 0 atom stereocenters. The third-order valence-corrected chi connectivity index (χ3v) is 2.07. The van der Waals surface area contributed by atoms with Crippen LogP contribution in [0.5, 0.6) is 0 Å². The maximum Gasteiger partial charge on any atom is 0.332 e. The van der Waals surface area contributed by atoms with Gasteiger partial charge in [-0.25, -0.2) is 4.79 Å². The molecule has 0 heterocycles. The molecule has 3 nitrogen and oxygen atoms in total. The number of carboxylic acids is 1. The molecule has 1 aromatic carbocycles. The second-order valence-corrected chi connectivity index (χ2v) is 3.11. The molecule has 0 saturated carbocycles. The summed E-state index contributed by atoms with van der Waals surface area (Å²) >= 11 is 5.85. The number of hydrogen-bond acceptors (Lipinski definition) is 2.